The molecule has 25 heavy (non-hydrogen) atoms. The fourth-order valence-corrected chi connectivity index (χ4v) is 3.44. The SMILES string of the molecule is CCn1ccnc(N2CCC(NC(C)c3nccnc3C)CC2)c1=O. The summed E-state index contributed by atoms with van der Waals surface area (Å²) in [5.74, 6) is 0.570. The second-order valence-corrected chi connectivity index (χ2v) is 6.52. The normalized spacial score (nSPS) is 16.8. The highest BCUT2D eigenvalue weighted by Gasteiger charge is 2.24. The zero-order valence-electron chi connectivity index (χ0n) is 15.1. The van der Waals surface area contributed by atoms with Crippen molar-refractivity contribution in [1.82, 2.24) is 24.8 Å². The number of aryl methyl sites for hydroxylation is 2. The third-order valence-electron chi connectivity index (χ3n) is 4.85. The molecule has 2 aromatic heterocycles. The molecule has 3 heterocycles. The minimum Gasteiger partial charge on any atom is -0.352 e. The molecule has 3 rings (SSSR count). The molecule has 1 fully saturated rings. The lowest BCUT2D eigenvalue weighted by Gasteiger charge is -2.34. The number of rotatable bonds is 5. The predicted octanol–water partition coefficient (Wildman–Crippen LogP) is 1.68. The molecular weight excluding hydrogens is 316 g/mol. The maximum absolute atomic E-state index is 12.4. The van der Waals surface area contributed by atoms with E-state index in [2.05, 4.69) is 32.1 Å². The van der Waals surface area contributed by atoms with Crippen LogP contribution in [0.2, 0.25) is 0 Å². The Balaban J connectivity index is 1.61. The van der Waals surface area contributed by atoms with E-state index in [0.717, 1.165) is 37.3 Å². The van der Waals surface area contributed by atoms with Crippen molar-refractivity contribution in [2.24, 2.45) is 0 Å². The van der Waals surface area contributed by atoms with Gasteiger partial charge < -0.3 is 14.8 Å². The molecule has 0 bridgehead atoms. The number of anilines is 1. The molecule has 1 saturated heterocycles. The molecule has 1 unspecified atom stereocenters. The Kier molecular flexibility index (Phi) is 5.43. The van der Waals surface area contributed by atoms with E-state index < -0.39 is 0 Å². The summed E-state index contributed by atoms with van der Waals surface area (Å²) in [7, 11) is 0. The van der Waals surface area contributed by atoms with Crippen molar-refractivity contribution >= 4 is 5.82 Å². The van der Waals surface area contributed by atoms with Crippen LogP contribution in [0.4, 0.5) is 5.82 Å². The Labute approximate surface area is 148 Å². The van der Waals surface area contributed by atoms with Gasteiger partial charge in [-0.2, -0.15) is 0 Å². The smallest absolute Gasteiger partial charge is 0.293 e. The van der Waals surface area contributed by atoms with Crippen molar-refractivity contribution < 1.29 is 0 Å². The summed E-state index contributed by atoms with van der Waals surface area (Å²) in [6.07, 6.45) is 8.87. The van der Waals surface area contributed by atoms with Gasteiger partial charge in [-0.25, -0.2) is 4.98 Å². The van der Waals surface area contributed by atoms with Gasteiger partial charge in [0.2, 0.25) is 0 Å². The molecule has 0 aliphatic carbocycles. The van der Waals surface area contributed by atoms with Crippen molar-refractivity contribution in [1.29, 1.82) is 0 Å². The van der Waals surface area contributed by atoms with Crippen LogP contribution < -0.4 is 15.8 Å². The van der Waals surface area contributed by atoms with E-state index in [1.54, 1.807) is 29.4 Å². The predicted molar refractivity (Wildman–Crippen MR) is 97.7 cm³/mol. The number of hydrogen-bond acceptors (Lipinski definition) is 6. The molecule has 7 heteroatoms. The van der Waals surface area contributed by atoms with Gasteiger partial charge in [0.15, 0.2) is 5.82 Å². The zero-order chi connectivity index (χ0) is 17.8. The molecule has 0 aromatic carbocycles. The van der Waals surface area contributed by atoms with E-state index in [1.165, 1.54) is 0 Å². The number of nitrogens with one attached hydrogen (secondary N) is 1. The first kappa shape index (κ1) is 17.5. The quantitative estimate of drug-likeness (QED) is 0.891. The Morgan fingerprint density at radius 2 is 1.92 bits per heavy atom. The van der Waals surface area contributed by atoms with Crippen LogP contribution in [0, 0.1) is 6.92 Å². The van der Waals surface area contributed by atoms with E-state index in [-0.39, 0.29) is 11.6 Å². The van der Waals surface area contributed by atoms with Gasteiger partial charge in [0.25, 0.3) is 5.56 Å². The average Bonchev–Trinajstić information content (AvgIpc) is 2.63. The number of nitrogens with zero attached hydrogens (tertiary/aromatic N) is 5. The molecule has 2 aromatic rings. The molecule has 0 amide bonds. The van der Waals surface area contributed by atoms with Crippen LogP contribution in [-0.2, 0) is 6.54 Å². The topological polar surface area (TPSA) is 75.9 Å². The van der Waals surface area contributed by atoms with Gasteiger partial charge in [-0.3, -0.25) is 14.8 Å². The molecule has 134 valence electrons. The van der Waals surface area contributed by atoms with Gasteiger partial charge in [-0.1, -0.05) is 0 Å². The van der Waals surface area contributed by atoms with Crippen LogP contribution >= 0.6 is 0 Å². The highest BCUT2D eigenvalue weighted by Crippen LogP contribution is 2.19. The van der Waals surface area contributed by atoms with E-state index in [4.69, 9.17) is 0 Å². The van der Waals surface area contributed by atoms with Crippen LogP contribution in [0.15, 0.2) is 29.6 Å². The summed E-state index contributed by atoms with van der Waals surface area (Å²) in [5.41, 5.74) is 1.97. The van der Waals surface area contributed by atoms with Gasteiger partial charge in [-0.15, -0.1) is 0 Å². The van der Waals surface area contributed by atoms with E-state index in [9.17, 15) is 4.79 Å². The first-order valence-electron chi connectivity index (χ1n) is 8.94. The highest BCUT2D eigenvalue weighted by atomic mass is 16.1. The molecule has 1 N–H and O–H groups in total. The Morgan fingerprint density at radius 3 is 2.60 bits per heavy atom. The second kappa shape index (κ2) is 7.74. The minimum atomic E-state index is -0.0000352. The van der Waals surface area contributed by atoms with E-state index >= 15 is 0 Å². The fraction of sp³-hybridized carbons (Fsp3) is 0.556. The lowest BCUT2D eigenvalue weighted by molar-refractivity contribution is 0.375. The summed E-state index contributed by atoms with van der Waals surface area (Å²) in [6, 6.07) is 0.571. The summed E-state index contributed by atoms with van der Waals surface area (Å²) in [5, 5.41) is 3.65. The summed E-state index contributed by atoms with van der Waals surface area (Å²) >= 11 is 0. The molecule has 0 radical (unpaired) electrons. The Bertz CT molecular complexity index is 766. The third-order valence-corrected chi connectivity index (χ3v) is 4.85. The number of aromatic nitrogens is 4. The summed E-state index contributed by atoms with van der Waals surface area (Å²) in [6.45, 7) is 8.42. The monoisotopic (exact) mass is 342 g/mol. The summed E-state index contributed by atoms with van der Waals surface area (Å²) in [4.78, 5) is 27.6. The van der Waals surface area contributed by atoms with Gasteiger partial charge in [0.05, 0.1) is 11.4 Å². The first-order chi connectivity index (χ1) is 12.1. The Hall–Kier alpha value is -2.28. The molecule has 1 aliphatic heterocycles. The van der Waals surface area contributed by atoms with Crippen LogP contribution in [0.3, 0.4) is 0 Å². The van der Waals surface area contributed by atoms with Gasteiger partial charge in [0.1, 0.15) is 0 Å². The second-order valence-electron chi connectivity index (χ2n) is 6.52. The zero-order valence-corrected chi connectivity index (χ0v) is 15.1. The average molecular weight is 342 g/mol. The van der Waals surface area contributed by atoms with Crippen molar-refractivity contribution in [3.05, 3.63) is 46.5 Å². The standard InChI is InChI=1S/C18H26N6O/c1-4-23-12-9-21-17(18(23)25)24-10-5-15(6-11-24)22-14(3)16-13(2)19-7-8-20-16/h7-9,12,14-15,22H,4-6,10-11H2,1-3H3. The largest absolute Gasteiger partial charge is 0.352 e. The van der Waals surface area contributed by atoms with Gasteiger partial charge >= 0.3 is 0 Å². The minimum absolute atomic E-state index is 0.0000352. The first-order valence-corrected chi connectivity index (χ1v) is 8.94. The molecule has 0 saturated carbocycles. The van der Waals surface area contributed by atoms with E-state index in [0.29, 0.717) is 18.4 Å². The van der Waals surface area contributed by atoms with Crippen molar-refractivity contribution in [3.63, 3.8) is 0 Å². The number of hydrogen-bond donors (Lipinski definition) is 1. The lowest BCUT2D eigenvalue weighted by atomic mass is 10.0. The van der Waals surface area contributed by atoms with Crippen LogP contribution in [0.1, 0.15) is 44.1 Å². The Morgan fingerprint density at radius 1 is 1.20 bits per heavy atom. The van der Waals surface area contributed by atoms with Gasteiger partial charge in [0, 0.05) is 56.5 Å². The maximum Gasteiger partial charge on any atom is 0.293 e. The lowest BCUT2D eigenvalue weighted by Crippen LogP contribution is -2.45. The molecule has 1 atom stereocenters. The third kappa shape index (κ3) is 3.87. The fourth-order valence-electron chi connectivity index (χ4n) is 3.44. The molecule has 7 nitrogen and oxygen atoms in total. The van der Waals surface area contributed by atoms with Gasteiger partial charge in [-0.05, 0) is 33.6 Å². The maximum atomic E-state index is 12.4. The van der Waals surface area contributed by atoms with E-state index in [1.807, 2.05) is 13.8 Å². The number of piperidine rings is 1. The molecule has 0 spiro atoms. The van der Waals surface area contributed by atoms with Crippen LogP contribution in [0.5, 0.6) is 0 Å². The van der Waals surface area contributed by atoms with Crippen molar-refractivity contribution in [3.8, 4) is 0 Å². The van der Waals surface area contributed by atoms with Crippen molar-refractivity contribution in [2.75, 3.05) is 18.0 Å². The van der Waals surface area contributed by atoms with Crippen LogP contribution in [-0.4, -0.2) is 38.7 Å². The molecule has 1 aliphatic rings. The summed E-state index contributed by atoms with van der Waals surface area (Å²) < 4.78 is 1.70. The van der Waals surface area contributed by atoms with Crippen molar-refractivity contribution in [2.45, 2.75) is 52.2 Å². The highest BCUT2D eigenvalue weighted by molar-refractivity contribution is 5.36. The van der Waals surface area contributed by atoms with Crippen LogP contribution in [0.25, 0.3) is 0 Å². The molecular formula is C18H26N6O.